The largest absolute Gasteiger partial charge is 0.497 e. The Morgan fingerprint density at radius 2 is 1.31 bits per heavy atom. The molecule has 0 unspecified atom stereocenters. The fourth-order valence-corrected chi connectivity index (χ4v) is 3.87. The van der Waals surface area contributed by atoms with Crippen LogP contribution >= 0.6 is 0 Å². The van der Waals surface area contributed by atoms with E-state index in [1.807, 2.05) is 24.3 Å². The van der Waals surface area contributed by atoms with Gasteiger partial charge in [0.25, 0.3) is 0 Å². The number of nitrogens with zero attached hydrogens (tertiary/aromatic N) is 1. The third-order valence-electron chi connectivity index (χ3n) is 6.64. The summed E-state index contributed by atoms with van der Waals surface area (Å²) >= 11 is 0. The first-order chi connectivity index (χ1) is 15.2. The summed E-state index contributed by atoms with van der Waals surface area (Å²) in [5, 5.41) is 0. The van der Waals surface area contributed by atoms with Gasteiger partial charge >= 0.3 is 7.12 Å². The molecule has 4 rings (SSSR count). The van der Waals surface area contributed by atoms with Gasteiger partial charge < -0.3 is 23.3 Å². The van der Waals surface area contributed by atoms with Gasteiger partial charge in [0.2, 0.25) is 0 Å². The van der Waals surface area contributed by atoms with Gasteiger partial charge in [0.05, 0.1) is 25.4 Å². The van der Waals surface area contributed by atoms with Crippen LogP contribution < -0.4 is 14.9 Å². The summed E-state index contributed by atoms with van der Waals surface area (Å²) in [4.78, 5) is 0. The average Bonchev–Trinajstić information content (AvgIpc) is 3.30. The standard InChI is InChI=1S/C26H32BNO4/c1-25(2)26(3,4)32-27(31-25)24-18-28(16-15-19-7-11-21(29-5)12-8-19)17-23(24)20-9-13-22(30-6)14-10-20/h7-14,17-18H,15-16H2,1-6H3. The van der Waals surface area contributed by atoms with Crippen molar-refractivity contribution in [3.05, 3.63) is 66.5 Å². The third-order valence-corrected chi connectivity index (χ3v) is 6.64. The molecule has 0 aliphatic carbocycles. The van der Waals surface area contributed by atoms with Crippen LogP contribution in [0.5, 0.6) is 11.5 Å². The van der Waals surface area contributed by atoms with Crippen molar-refractivity contribution in [2.75, 3.05) is 14.2 Å². The van der Waals surface area contributed by atoms with E-state index < -0.39 is 7.12 Å². The molecule has 2 aromatic carbocycles. The van der Waals surface area contributed by atoms with Crippen LogP contribution in [0.3, 0.4) is 0 Å². The number of aromatic nitrogens is 1. The van der Waals surface area contributed by atoms with E-state index in [1.165, 1.54) is 5.56 Å². The number of aryl methyl sites for hydroxylation is 2. The summed E-state index contributed by atoms with van der Waals surface area (Å²) in [5.41, 5.74) is 3.76. The normalized spacial score (nSPS) is 16.9. The van der Waals surface area contributed by atoms with Crippen molar-refractivity contribution >= 4 is 12.6 Å². The molecule has 3 aromatic rings. The molecule has 0 N–H and O–H groups in total. The molecule has 0 saturated carbocycles. The predicted octanol–water partition coefficient (Wildman–Crippen LogP) is 4.71. The van der Waals surface area contributed by atoms with E-state index in [1.54, 1.807) is 14.2 Å². The summed E-state index contributed by atoms with van der Waals surface area (Å²) < 4.78 is 25.6. The highest BCUT2D eigenvalue weighted by atomic mass is 16.7. The summed E-state index contributed by atoms with van der Waals surface area (Å²) in [6.45, 7) is 9.19. The second-order valence-corrected chi connectivity index (χ2v) is 9.28. The number of ether oxygens (including phenoxy) is 2. The molecule has 0 amide bonds. The van der Waals surface area contributed by atoms with Crippen molar-refractivity contribution < 1.29 is 18.8 Å². The summed E-state index contributed by atoms with van der Waals surface area (Å²) in [6, 6.07) is 16.4. The Kier molecular flexibility index (Phi) is 6.10. The maximum Gasteiger partial charge on any atom is 0.497 e. The van der Waals surface area contributed by atoms with E-state index in [0.29, 0.717) is 0 Å². The van der Waals surface area contributed by atoms with Crippen molar-refractivity contribution in [1.82, 2.24) is 4.57 Å². The first-order valence-electron chi connectivity index (χ1n) is 11.0. The quantitative estimate of drug-likeness (QED) is 0.506. The summed E-state index contributed by atoms with van der Waals surface area (Å²) in [7, 11) is 2.95. The summed E-state index contributed by atoms with van der Waals surface area (Å²) in [5.74, 6) is 1.71. The van der Waals surface area contributed by atoms with Gasteiger partial charge in [0.1, 0.15) is 11.5 Å². The van der Waals surface area contributed by atoms with E-state index in [-0.39, 0.29) is 11.2 Å². The van der Waals surface area contributed by atoms with Crippen LogP contribution in [-0.2, 0) is 22.3 Å². The highest BCUT2D eigenvalue weighted by Crippen LogP contribution is 2.37. The SMILES string of the molecule is COc1ccc(CCn2cc(B3OC(C)(C)C(C)(C)O3)c(-c3ccc(OC)cc3)c2)cc1. The van der Waals surface area contributed by atoms with Gasteiger partial charge in [-0.05, 0) is 75.1 Å². The first kappa shape index (κ1) is 22.5. The molecule has 1 aliphatic rings. The maximum atomic E-state index is 6.38. The Hall–Kier alpha value is -2.70. The highest BCUT2D eigenvalue weighted by Gasteiger charge is 2.52. The van der Waals surface area contributed by atoms with Crippen molar-refractivity contribution in [2.45, 2.75) is 51.9 Å². The average molecular weight is 433 g/mol. The number of rotatable bonds is 7. The fraction of sp³-hybridized carbons (Fsp3) is 0.385. The molecule has 0 spiro atoms. The van der Waals surface area contributed by atoms with Gasteiger partial charge in [-0.3, -0.25) is 0 Å². The van der Waals surface area contributed by atoms with Crippen LogP contribution in [0.25, 0.3) is 11.1 Å². The van der Waals surface area contributed by atoms with Gasteiger partial charge in [-0.1, -0.05) is 24.3 Å². The first-order valence-corrected chi connectivity index (χ1v) is 11.0. The minimum Gasteiger partial charge on any atom is -0.497 e. The zero-order chi connectivity index (χ0) is 22.9. The van der Waals surface area contributed by atoms with E-state index in [2.05, 4.69) is 68.9 Å². The van der Waals surface area contributed by atoms with Crippen LogP contribution in [0.4, 0.5) is 0 Å². The topological polar surface area (TPSA) is 41.9 Å². The molecule has 2 heterocycles. The van der Waals surface area contributed by atoms with E-state index in [9.17, 15) is 0 Å². The Morgan fingerprint density at radius 3 is 1.84 bits per heavy atom. The second kappa shape index (κ2) is 8.68. The van der Waals surface area contributed by atoms with Gasteiger partial charge in [-0.25, -0.2) is 0 Å². The molecule has 1 aliphatic heterocycles. The van der Waals surface area contributed by atoms with E-state index in [0.717, 1.165) is 41.1 Å². The second-order valence-electron chi connectivity index (χ2n) is 9.28. The lowest BCUT2D eigenvalue weighted by atomic mass is 9.77. The molecule has 0 atom stereocenters. The van der Waals surface area contributed by atoms with Crippen LogP contribution in [0.1, 0.15) is 33.3 Å². The minimum atomic E-state index is -0.417. The molecule has 0 bridgehead atoms. The number of methoxy groups -OCH3 is 2. The number of benzene rings is 2. The van der Waals surface area contributed by atoms with Crippen molar-refractivity contribution in [1.29, 1.82) is 0 Å². The Morgan fingerprint density at radius 1 is 0.781 bits per heavy atom. The molecule has 0 radical (unpaired) electrons. The lowest BCUT2D eigenvalue weighted by Gasteiger charge is -2.32. The van der Waals surface area contributed by atoms with Crippen LogP contribution in [0, 0.1) is 0 Å². The zero-order valence-corrected chi connectivity index (χ0v) is 19.8. The van der Waals surface area contributed by atoms with Crippen molar-refractivity contribution in [3.63, 3.8) is 0 Å². The van der Waals surface area contributed by atoms with Crippen LogP contribution in [-0.4, -0.2) is 37.1 Å². The van der Waals surface area contributed by atoms with Gasteiger partial charge in [-0.2, -0.15) is 0 Å². The van der Waals surface area contributed by atoms with E-state index >= 15 is 0 Å². The smallest absolute Gasteiger partial charge is 0.497 e. The van der Waals surface area contributed by atoms with Crippen molar-refractivity contribution in [2.24, 2.45) is 0 Å². The summed E-state index contributed by atoms with van der Waals surface area (Å²) in [6.07, 6.45) is 5.26. The van der Waals surface area contributed by atoms with Crippen LogP contribution in [0.15, 0.2) is 60.9 Å². The maximum absolute atomic E-state index is 6.38. The minimum absolute atomic E-state index is 0.389. The number of hydrogen-bond acceptors (Lipinski definition) is 4. The molecule has 168 valence electrons. The van der Waals surface area contributed by atoms with Crippen LogP contribution in [0.2, 0.25) is 0 Å². The molecule has 1 fully saturated rings. The van der Waals surface area contributed by atoms with Gasteiger partial charge in [-0.15, -0.1) is 0 Å². The fourth-order valence-electron chi connectivity index (χ4n) is 3.87. The monoisotopic (exact) mass is 433 g/mol. The Balaban J connectivity index is 1.63. The molecular formula is C26H32BNO4. The molecule has 1 aromatic heterocycles. The Bertz CT molecular complexity index is 1040. The molecular weight excluding hydrogens is 401 g/mol. The molecule has 1 saturated heterocycles. The highest BCUT2D eigenvalue weighted by molar-refractivity contribution is 6.63. The number of hydrogen-bond donors (Lipinski definition) is 0. The van der Waals surface area contributed by atoms with Gasteiger partial charge in [0, 0.05) is 24.4 Å². The lowest BCUT2D eigenvalue weighted by molar-refractivity contribution is 0.00578. The third kappa shape index (κ3) is 4.43. The lowest BCUT2D eigenvalue weighted by Crippen LogP contribution is -2.41. The molecule has 32 heavy (non-hydrogen) atoms. The van der Waals surface area contributed by atoms with E-state index in [4.69, 9.17) is 18.8 Å². The van der Waals surface area contributed by atoms with Crippen molar-refractivity contribution in [3.8, 4) is 22.6 Å². The van der Waals surface area contributed by atoms with Gasteiger partial charge in [0.15, 0.2) is 0 Å². The predicted molar refractivity (Wildman–Crippen MR) is 129 cm³/mol. The molecule has 6 heteroatoms. The zero-order valence-electron chi connectivity index (χ0n) is 19.8. The Labute approximate surface area is 191 Å². The molecule has 5 nitrogen and oxygen atoms in total.